The number of allylic oxidation sites excluding steroid dienone is 1. The fourth-order valence-corrected chi connectivity index (χ4v) is 4.66. The number of imidazole rings is 1. The summed E-state index contributed by atoms with van der Waals surface area (Å²) in [5, 5.41) is 18.2. The SMILES string of the molecule is C#CCOc1ccc(-c2cnc3c(Nc4ccc(C(=O)NCCCNCCO)c(CC)c4)nccn23)c(CC=C)c1F. The van der Waals surface area contributed by atoms with E-state index in [0.717, 1.165) is 24.2 Å². The van der Waals surface area contributed by atoms with Crippen molar-refractivity contribution < 1.29 is 19.0 Å². The summed E-state index contributed by atoms with van der Waals surface area (Å²) in [5.74, 6) is 2.34. The van der Waals surface area contributed by atoms with Crippen molar-refractivity contribution in [2.24, 2.45) is 0 Å². The van der Waals surface area contributed by atoms with E-state index in [-0.39, 0.29) is 31.3 Å². The molecule has 4 rings (SSSR count). The molecule has 0 aliphatic rings. The molecule has 0 atom stereocenters. The molecule has 0 radical (unpaired) electrons. The van der Waals surface area contributed by atoms with Crippen molar-refractivity contribution in [3.05, 3.63) is 84.1 Å². The Morgan fingerprint density at radius 3 is 2.86 bits per heavy atom. The van der Waals surface area contributed by atoms with Crippen molar-refractivity contribution >= 4 is 23.1 Å². The van der Waals surface area contributed by atoms with Crippen LogP contribution < -0.4 is 20.7 Å². The van der Waals surface area contributed by atoms with Crippen molar-refractivity contribution in [3.8, 4) is 29.4 Å². The van der Waals surface area contributed by atoms with Crippen LogP contribution in [0.2, 0.25) is 0 Å². The third-order valence-corrected chi connectivity index (χ3v) is 6.67. The number of aryl methyl sites for hydroxylation is 1. The van der Waals surface area contributed by atoms with Crippen LogP contribution in [-0.2, 0) is 12.8 Å². The number of fused-ring (bicyclic) bond motifs is 1. The predicted octanol–water partition coefficient (Wildman–Crippen LogP) is 4.28. The minimum Gasteiger partial charge on any atom is -0.478 e. The fraction of sp³-hybridized carbons (Fsp3) is 0.281. The predicted molar refractivity (Wildman–Crippen MR) is 163 cm³/mol. The second kappa shape index (κ2) is 14.8. The minimum absolute atomic E-state index is 0.0324. The molecule has 0 aliphatic carbocycles. The van der Waals surface area contributed by atoms with Gasteiger partial charge in [0.2, 0.25) is 0 Å². The van der Waals surface area contributed by atoms with Crippen molar-refractivity contribution in [2.45, 2.75) is 26.2 Å². The van der Waals surface area contributed by atoms with Gasteiger partial charge in [-0.2, -0.15) is 0 Å². The largest absolute Gasteiger partial charge is 0.478 e. The van der Waals surface area contributed by atoms with E-state index in [2.05, 4.69) is 38.4 Å². The number of ether oxygens (including phenoxy) is 1. The third-order valence-electron chi connectivity index (χ3n) is 6.67. The van der Waals surface area contributed by atoms with Gasteiger partial charge in [0, 0.05) is 47.9 Å². The highest BCUT2D eigenvalue weighted by Gasteiger charge is 2.19. The molecule has 0 spiro atoms. The number of hydrogen-bond acceptors (Lipinski definition) is 7. The lowest BCUT2D eigenvalue weighted by atomic mass is 10.0. The summed E-state index contributed by atoms with van der Waals surface area (Å²) in [5.41, 5.74) is 4.58. The van der Waals surface area contributed by atoms with Crippen LogP contribution >= 0.6 is 0 Å². The summed E-state index contributed by atoms with van der Waals surface area (Å²) in [4.78, 5) is 21.9. The van der Waals surface area contributed by atoms with Gasteiger partial charge in [-0.3, -0.25) is 9.20 Å². The molecule has 9 nitrogen and oxygen atoms in total. The number of amides is 1. The van der Waals surface area contributed by atoms with Gasteiger partial charge in [-0.1, -0.05) is 18.9 Å². The van der Waals surface area contributed by atoms with Crippen molar-refractivity contribution in [3.63, 3.8) is 0 Å². The van der Waals surface area contributed by atoms with Gasteiger partial charge in [-0.15, -0.1) is 13.0 Å². The molecule has 10 heteroatoms. The molecule has 42 heavy (non-hydrogen) atoms. The molecule has 2 aromatic carbocycles. The Hall–Kier alpha value is -4.72. The molecule has 0 unspecified atom stereocenters. The maximum absolute atomic E-state index is 15.4. The van der Waals surface area contributed by atoms with E-state index < -0.39 is 5.82 Å². The number of hydrogen-bond donors (Lipinski definition) is 4. The maximum Gasteiger partial charge on any atom is 0.251 e. The first-order valence-corrected chi connectivity index (χ1v) is 13.8. The van der Waals surface area contributed by atoms with Crippen LogP contribution in [-0.4, -0.2) is 58.2 Å². The lowest BCUT2D eigenvalue weighted by Crippen LogP contribution is -2.28. The van der Waals surface area contributed by atoms with E-state index >= 15 is 4.39 Å². The first-order valence-electron chi connectivity index (χ1n) is 13.8. The number of benzene rings is 2. The lowest BCUT2D eigenvalue weighted by molar-refractivity contribution is 0.0952. The van der Waals surface area contributed by atoms with E-state index in [4.69, 9.17) is 16.3 Å². The highest BCUT2D eigenvalue weighted by atomic mass is 19.1. The highest BCUT2D eigenvalue weighted by molar-refractivity contribution is 5.96. The van der Waals surface area contributed by atoms with Crippen molar-refractivity contribution in [1.82, 2.24) is 25.0 Å². The quantitative estimate of drug-likeness (QED) is 0.0959. The van der Waals surface area contributed by atoms with E-state index in [1.54, 1.807) is 42.9 Å². The second-order valence-electron chi connectivity index (χ2n) is 9.44. The molecule has 2 aromatic heterocycles. The molecule has 4 aromatic rings. The average molecular weight is 571 g/mol. The standard InChI is InChI=1S/C32H35FN6O3/c1-4-8-26-25(11-12-28(29(26)33)42-19-5-2)27-21-37-31-30(35-15-17-39(27)31)38-23-9-10-24(22(6-3)20-23)32(41)36-14-7-13-34-16-18-40/h2,4,9-12,15,17,20-21,34,40H,1,6-8,13-14,16,18-19H2,3H3,(H,35,38)(H,36,41). The Bertz CT molecular complexity index is 1590. The maximum atomic E-state index is 15.4. The lowest BCUT2D eigenvalue weighted by Gasteiger charge is -2.14. The van der Waals surface area contributed by atoms with Gasteiger partial charge in [0.1, 0.15) is 6.61 Å². The molecule has 0 bridgehead atoms. The smallest absolute Gasteiger partial charge is 0.251 e. The summed E-state index contributed by atoms with van der Waals surface area (Å²) in [6, 6.07) is 8.91. The summed E-state index contributed by atoms with van der Waals surface area (Å²) in [6.45, 7) is 7.62. The zero-order chi connectivity index (χ0) is 29.9. The van der Waals surface area contributed by atoms with Gasteiger partial charge in [-0.05, 0) is 61.7 Å². The molecule has 0 fully saturated rings. The molecule has 0 saturated carbocycles. The molecule has 0 saturated heterocycles. The van der Waals surface area contributed by atoms with Gasteiger partial charge in [0.05, 0.1) is 18.5 Å². The Morgan fingerprint density at radius 1 is 1.24 bits per heavy atom. The fourth-order valence-electron chi connectivity index (χ4n) is 4.66. The average Bonchev–Trinajstić information content (AvgIpc) is 3.44. The Balaban J connectivity index is 1.57. The number of anilines is 2. The molecule has 4 N–H and O–H groups in total. The van der Waals surface area contributed by atoms with Crippen LogP contribution in [0.25, 0.3) is 16.9 Å². The zero-order valence-corrected chi connectivity index (χ0v) is 23.6. The molecular formula is C32H35FN6O3. The Labute approximate surface area is 244 Å². The number of terminal acetylenes is 1. The topological polar surface area (TPSA) is 113 Å². The van der Waals surface area contributed by atoms with Gasteiger partial charge in [-0.25, -0.2) is 14.4 Å². The van der Waals surface area contributed by atoms with Crippen LogP contribution in [0, 0.1) is 18.2 Å². The molecule has 0 aliphatic heterocycles. The molecule has 1 amide bonds. The number of aliphatic hydroxyl groups excluding tert-OH is 1. The monoisotopic (exact) mass is 570 g/mol. The summed E-state index contributed by atoms with van der Waals surface area (Å²) in [6.07, 6.45) is 13.7. The normalized spacial score (nSPS) is 10.8. The van der Waals surface area contributed by atoms with Gasteiger partial charge >= 0.3 is 0 Å². The van der Waals surface area contributed by atoms with Crippen LogP contribution in [0.15, 0.2) is 61.6 Å². The van der Waals surface area contributed by atoms with E-state index in [9.17, 15) is 4.79 Å². The van der Waals surface area contributed by atoms with E-state index in [1.165, 1.54) is 0 Å². The number of aromatic nitrogens is 3. The van der Waals surface area contributed by atoms with Gasteiger partial charge in [0.25, 0.3) is 5.91 Å². The number of halogens is 1. The highest BCUT2D eigenvalue weighted by Crippen LogP contribution is 2.33. The van der Waals surface area contributed by atoms with Gasteiger partial charge < -0.3 is 25.8 Å². The number of carbonyl (C=O) groups excluding carboxylic acids is 1. The van der Waals surface area contributed by atoms with Crippen molar-refractivity contribution in [2.75, 3.05) is 38.2 Å². The second-order valence-corrected chi connectivity index (χ2v) is 9.44. The first kappa shape index (κ1) is 30.2. The summed E-state index contributed by atoms with van der Waals surface area (Å²) in [7, 11) is 0. The molecular weight excluding hydrogens is 535 g/mol. The third kappa shape index (κ3) is 6.94. The number of aliphatic hydroxyl groups is 1. The zero-order valence-electron chi connectivity index (χ0n) is 23.6. The van der Waals surface area contributed by atoms with Crippen molar-refractivity contribution in [1.29, 1.82) is 0 Å². The van der Waals surface area contributed by atoms with Crippen LogP contribution in [0.1, 0.15) is 34.8 Å². The summed E-state index contributed by atoms with van der Waals surface area (Å²) < 4.78 is 22.6. The number of carbonyl (C=O) groups is 1. The number of nitrogens with zero attached hydrogens (tertiary/aromatic N) is 3. The molecule has 2 heterocycles. The van der Waals surface area contributed by atoms with Crippen LogP contribution in [0.4, 0.5) is 15.9 Å². The number of rotatable bonds is 15. The van der Waals surface area contributed by atoms with Crippen LogP contribution in [0.3, 0.4) is 0 Å². The van der Waals surface area contributed by atoms with Crippen LogP contribution in [0.5, 0.6) is 5.75 Å². The minimum atomic E-state index is -0.486. The number of nitrogens with one attached hydrogen (secondary N) is 3. The van der Waals surface area contributed by atoms with Gasteiger partial charge in [0.15, 0.2) is 23.0 Å². The van der Waals surface area contributed by atoms with E-state index in [0.29, 0.717) is 53.4 Å². The van der Waals surface area contributed by atoms with E-state index in [1.807, 2.05) is 23.5 Å². The molecule has 218 valence electrons. The Kier molecular flexibility index (Phi) is 10.6. The Morgan fingerprint density at radius 2 is 2.10 bits per heavy atom. The first-order chi connectivity index (χ1) is 20.5. The summed E-state index contributed by atoms with van der Waals surface area (Å²) >= 11 is 0.